The summed E-state index contributed by atoms with van der Waals surface area (Å²) >= 11 is 18.5. The Hall–Kier alpha value is -2.78. The molecule has 3 aromatic rings. The molecular weight excluding hydrogens is 545 g/mol. The van der Waals surface area contributed by atoms with Crippen molar-refractivity contribution in [2.45, 2.75) is 24.4 Å². The number of nitrogens with one attached hydrogen (secondary N) is 1. The average molecular weight is 569 g/mol. The van der Waals surface area contributed by atoms with Gasteiger partial charge in [0.15, 0.2) is 0 Å². The summed E-state index contributed by atoms with van der Waals surface area (Å²) in [6, 6.07) is 17.9. The SMILES string of the molecule is CNC(=O)[C@H](C)N(Cc1ccc(Cl)cc1)C(=O)CN(c1cc(Cl)ccc1Cl)S(=O)(=O)c1ccccc1. The first-order valence-electron chi connectivity index (χ1n) is 10.8. The van der Waals surface area contributed by atoms with Crippen LogP contribution in [0.5, 0.6) is 0 Å². The Morgan fingerprint density at radius 1 is 0.917 bits per heavy atom. The van der Waals surface area contributed by atoms with Gasteiger partial charge in [0.1, 0.15) is 12.6 Å². The topological polar surface area (TPSA) is 86.8 Å². The number of rotatable bonds is 9. The molecule has 36 heavy (non-hydrogen) atoms. The molecule has 0 bridgehead atoms. The summed E-state index contributed by atoms with van der Waals surface area (Å²) in [5.74, 6) is -1.02. The molecular formula is C25H24Cl3N3O4S. The van der Waals surface area contributed by atoms with Gasteiger partial charge in [0.05, 0.1) is 15.6 Å². The quantitative estimate of drug-likeness (QED) is 0.393. The first-order valence-corrected chi connectivity index (χ1v) is 13.4. The minimum absolute atomic E-state index is 0.0301. The monoisotopic (exact) mass is 567 g/mol. The van der Waals surface area contributed by atoms with Crippen molar-refractivity contribution in [3.8, 4) is 0 Å². The highest BCUT2D eigenvalue weighted by Crippen LogP contribution is 2.33. The van der Waals surface area contributed by atoms with E-state index in [4.69, 9.17) is 34.8 Å². The number of anilines is 1. The molecule has 0 saturated carbocycles. The fraction of sp³-hybridized carbons (Fsp3) is 0.200. The Morgan fingerprint density at radius 2 is 1.53 bits per heavy atom. The van der Waals surface area contributed by atoms with Crippen LogP contribution in [-0.2, 0) is 26.2 Å². The maximum Gasteiger partial charge on any atom is 0.264 e. The van der Waals surface area contributed by atoms with E-state index >= 15 is 0 Å². The summed E-state index contributed by atoms with van der Waals surface area (Å²) in [5, 5.41) is 3.38. The molecule has 0 spiro atoms. The zero-order valence-corrected chi connectivity index (χ0v) is 22.6. The molecule has 2 amide bonds. The predicted molar refractivity (Wildman–Crippen MR) is 143 cm³/mol. The van der Waals surface area contributed by atoms with Crippen LogP contribution in [0.1, 0.15) is 12.5 Å². The second kappa shape index (κ2) is 12.0. The van der Waals surface area contributed by atoms with Crippen molar-refractivity contribution in [1.29, 1.82) is 0 Å². The number of hydrogen-bond acceptors (Lipinski definition) is 4. The van der Waals surface area contributed by atoms with Crippen LogP contribution in [0.3, 0.4) is 0 Å². The predicted octanol–water partition coefficient (Wildman–Crippen LogP) is 5.01. The third-order valence-corrected chi connectivity index (χ3v) is 8.05. The number of carbonyl (C=O) groups is 2. The Labute approximate surface area is 225 Å². The van der Waals surface area contributed by atoms with E-state index < -0.39 is 34.4 Å². The molecule has 0 unspecified atom stereocenters. The fourth-order valence-electron chi connectivity index (χ4n) is 3.49. The van der Waals surface area contributed by atoms with Crippen molar-refractivity contribution >= 4 is 62.3 Å². The summed E-state index contributed by atoms with van der Waals surface area (Å²) in [5.41, 5.74) is 0.752. The molecule has 0 aromatic heterocycles. The fourth-order valence-corrected chi connectivity index (χ4v) is 5.50. The highest BCUT2D eigenvalue weighted by Gasteiger charge is 2.33. The third kappa shape index (κ3) is 6.50. The zero-order chi connectivity index (χ0) is 26.5. The van der Waals surface area contributed by atoms with Crippen LogP contribution in [0.25, 0.3) is 0 Å². The molecule has 190 valence electrons. The number of hydrogen-bond donors (Lipinski definition) is 1. The van der Waals surface area contributed by atoms with Gasteiger partial charge in [-0.2, -0.15) is 0 Å². The van der Waals surface area contributed by atoms with Crippen LogP contribution in [0.15, 0.2) is 77.7 Å². The van der Waals surface area contributed by atoms with Crippen molar-refractivity contribution < 1.29 is 18.0 Å². The number of carbonyl (C=O) groups excluding carboxylic acids is 2. The Kier molecular flexibility index (Phi) is 9.24. The molecule has 3 aromatic carbocycles. The van der Waals surface area contributed by atoms with Crippen LogP contribution < -0.4 is 9.62 Å². The summed E-state index contributed by atoms with van der Waals surface area (Å²) in [6.45, 7) is 0.994. The maximum absolute atomic E-state index is 13.7. The van der Waals surface area contributed by atoms with Gasteiger partial charge in [0, 0.05) is 23.6 Å². The molecule has 1 atom stereocenters. The van der Waals surface area contributed by atoms with Gasteiger partial charge in [-0.05, 0) is 55.0 Å². The zero-order valence-electron chi connectivity index (χ0n) is 19.5. The largest absolute Gasteiger partial charge is 0.357 e. The van der Waals surface area contributed by atoms with E-state index in [9.17, 15) is 18.0 Å². The van der Waals surface area contributed by atoms with E-state index in [1.807, 2.05) is 0 Å². The summed E-state index contributed by atoms with van der Waals surface area (Å²) in [4.78, 5) is 27.4. The van der Waals surface area contributed by atoms with Crippen molar-refractivity contribution in [3.05, 3.63) is 93.4 Å². The van der Waals surface area contributed by atoms with E-state index in [0.29, 0.717) is 10.6 Å². The molecule has 3 rings (SSSR count). The summed E-state index contributed by atoms with van der Waals surface area (Å²) in [7, 11) is -2.77. The van der Waals surface area contributed by atoms with E-state index in [1.54, 1.807) is 49.4 Å². The minimum Gasteiger partial charge on any atom is -0.357 e. The van der Waals surface area contributed by atoms with Crippen LogP contribution >= 0.6 is 34.8 Å². The lowest BCUT2D eigenvalue weighted by atomic mass is 10.1. The van der Waals surface area contributed by atoms with Gasteiger partial charge in [0.2, 0.25) is 11.8 Å². The van der Waals surface area contributed by atoms with Crippen molar-refractivity contribution in [2.24, 2.45) is 0 Å². The van der Waals surface area contributed by atoms with Crippen molar-refractivity contribution in [2.75, 3.05) is 17.9 Å². The lowest BCUT2D eigenvalue weighted by Gasteiger charge is -2.32. The van der Waals surface area contributed by atoms with Gasteiger partial charge in [-0.1, -0.05) is 65.1 Å². The smallest absolute Gasteiger partial charge is 0.264 e. The van der Waals surface area contributed by atoms with Gasteiger partial charge in [0.25, 0.3) is 10.0 Å². The second-order valence-corrected chi connectivity index (χ2v) is 11.0. The van der Waals surface area contributed by atoms with Gasteiger partial charge in [-0.15, -0.1) is 0 Å². The molecule has 0 fully saturated rings. The van der Waals surface area contributed by atoms with Crippen LogP contribution in [0.2, 0.25) is 15.1 Å². The Bertz CT molecular complexity index is 1340. The molecule has 0 heterocycles. The minimum atomic E-state index is -4.23. The average Bonchev–Trinajstić information content (AvgIpc) is 2.87. The molecule has 0 radical (unpaired) electrons. The Balaban J connectivity index is 2.06. The number of likely N-dealkylation sites (N-methyl/N-ethyl adjacent to an activating group) is 1. The van der Waals surface area contributed by atoms with Crippen molar-refractivity contribution in [1.82, 2.24) is 10.2 Å². The molecule has 0 saturated heterocycles. The lowest BCUT2D eigenvalue weighted by molar-refractivity contribution is -0.139. The van der Waals surface area contributed by atoms with Crippen LogP contribution in [0, 0.1) is 0 Å². The standard InChI is InChI=1S/C25H24Cl3N3O4S/c1-17(25(33)29-2)30(15-18-8-10-19(26)11-9-18)24(32)16-31(23-14-20(27)12-13-22(23)28)36(34,35)21-6-4-3-5-7-21/h3-14,17H,15-16H2,1-2H3,(H,29,33)/t17-/m0/s1. The van der Waals surface area contributed by atoms with E-state index in [-0.39, 0.29) is 27.2 Å². The van der Waals surface area contributed by atoms with Gasteiger partial charge < -0.3 is 10.2 Å². The van der Waals surface area contributed by atoms with E-state index in [2.05, 4.69) is 5.32 Å². The number of amides is 2. The second-order valence-electron chi connectivity index (χ2n) is 7.86. The molecule has 11 heteroatoms. The molecule has 0 aliphatic carbocycles. The maximum atomic E-state index is 13.7. The first-order chi connectivity index (χ1) is 17.0. The molecule has 0 aliphatic rings. The molecule has 1 N–H and O–H groups in total. The van der Waals surface area contributed by atoms with Gasteiger partial charge in [-0.25, -0.2) is 8.42 Å². The van der Waals surface area contributed by atoms with Gasteiger partial charge >= 0.3 is 0 Å². The van der Waals surface area contributed by atoms with E-state index in [0.717, 1.165) is 4.31 Å². The lowest BCUT2D eigenvalue weighted by Crippen LogP contribution is -2.50. The van der Waals surface area contributed by atoms with Gasteiger partial charge in [-0.3, -0.25) is 13.9 Å². The number of nitrogens with zero attached hydrogens (tertiary/aromatic N) is 2. The summed E-state index contributed by atoms with van der Waals surface area (Å²) in [6.07, 6.45) is 0. The molecule has 0 aliphatic heterocycles. The number of benzene rings is 3. The highest BCUT2D eigenvalue weighted by molar-refractivity contribution is 7.92. The molecule has 7 nitrogen and oxygen atoms in total. The Morgan fingerprint density at radius 3 is 2.14 bits per heavy atom. The highest BCUT2D eigenvalue weighted by atomic mass is 35.5. The van der Waals surface area contributed by atoms with E-state index in [1.165, 1.54) is 42.3 Å². The third-order valence-electron chi connectivity index (χ3n) is 5.47. The number of halogens is 3. The number of sulfonamides is 1. The normalized spacial score (nSPS) is 12.0. The first kappa shape index (κ1) is 27.8. The van der Waals surface area contributed by atoms with Crippen molar-refractivity contribution in [3.63, 3.8) is 0 Å². The summed E-state index contributed by atoms with van der Waals surface area (Å²) < 4.78 is 28.2. The van der Waals surface area contributed by atoms with Crippen LogP contribution in [-0.4, -0.2) is 44.8 Å². The van der Waals surface area contributed by atoms with Crippen LogP contribution in [0.4, 0.5) is 5.69 Å².